The van der Waals surface area contributed by atoms with Gasteiger partial charge in [-0.25, -0.2) is 0 Å². The van der Waals surface area contributed by atoms with Crippen molar-refractivity contribution >= 4 is 5.91 Å². The third-order valence-corrected chi connectivity index (χ3v) is 2.93. The van der Waals surface area contributed by atoms with Gasteiger partial charge in [-0.2, -0.15) is 0 Å². The minimum atomic E-state index is -0.504. The average molecular weight is 274 g/mol. The van der Waals surface area contributed by atoms with Crippen LogP contribution in [0, 0.1) is 5.41 Å². The van der Waals surface area contributed by atoms with Crippen molar-refractivity contribution in [1.29, 1.82) is 0 Å². The summed E-state index contributed by atoms with van der Waals surface area (Å²) < 4.78 is 10.6. The van der Waals surface area contributed by atoms with Gasteiger partial charge in [0.25, 0.3) is 0 Å². The van der Waals surface area contributed by atoms with Gasteiger partial charge in [0.2, 0.25) is 5.91 Å². The fourth-order valence-electron chi connectivity index (χ4n) is 1.54. The third-order valence-electron chi connectivity index (χ3n) is 2.93. The van der Waals surface area contributed by atoms with E-state index in [0.717, 1.165) is 0 Å². The molecule has 5 nitrogen and oxygen atoms in total. The molecule has 5 heteroatoms. The van der Waals surface area contributed by atoms with E-state index in [-0.39, 0.29) is 11.3 Å². The Labute approximate surface area is 117 Å². The summed E-state index contributed by atoms with van der Waals surface area (Å²) in [4.78, 5) is 14.1. The second kappa shape index (κ2) is 9.28. The van der Waals surface area contributed by atoms with Crippen molar-refractivity contribution in [3.05, 3.63) is 0 Å². The van der Waals surface area contributed by atoms with Gasteiger partial charge in [-0.1, -0.05) is 20.8 Å². The highest BCUT2D eigenvalue weighted by Gasteiger charge is 2.30. The van der Waals surface area contributed by atoms with Gasteiger partial charge in [-0.3, -0.25) is 4.79 Å². The smallest absolute Gasteiger partial charge is 0.240 e. The molecule has 1 amide bonds. The van der Waals surface area contributed by atoms with Crippen LogP contribution < -0.4 is 5.73 Å². The van der Waals surface area contributed by atoms with Crippen LogP contribution in [0.4, 0.5) is 0 Å². The summed E-state index contributed by atoms with van der Waals surface area (Å²) in [7, 11) is 0. The van der Waals surface area contributed by atoms with E-state index < -0.39 is 6.04 Å². The summed E-state index contributed by atoms with van der Waals surface area (Å²) in [6, 6.07) is -0.504. The van der Waals surface area contributed by atoms with Gasteiger partial charge in [-0.15, -0.1) is 0 Å². The largest absolute Gasteiger partial charge is 0.380 e. The molecule has 0 radical (unpaired) electrons. The van der Waals surface area contributed by atoms with Crippen LogP contribution >= 0.6 is 0 Å². The SMILES string of the molecule is CCOCCN(CCOCC)C(=O)[C@@H](N)C(C)(C)C. The highest BCUT2D eigenvalue weighted by atomic mass is 16.5. The molecule has 1 atom stereocenters. The van der Waals surface area contributed by atoms with E-state index in [9.17, 15) is 4.79 Å². The fraction of sp³-hybridized carbons (Fsp3) is 0.929. The Balaban J connectivity index is 4.47. The Morgan fingerprint density at radius 2 is 1.53 bits per heavy atom. The van der Waals surface area contributed by atoms with Gasteiger partial charge < -0.3 is 20.1 Å². The second-order valence-corrected chi connectivity index (χ2v) is 5.56. The minimum absolute atomic E-state index is 0.0353. The van der Waals surface area contributed by atoms with Crippen LogP contribution in [-0.2, 0) is 14.3 Å². The summed E-state index contributed by atoms with van der Waals surface area (Å²) in [5, 5.41) is 0. The van der Waals surface area contributed by atoms with E-state index in [2.05, 4.69) is 0 Å². The van der Waals surface area contributed by atoms with Crippen molar-refractivity contribution in [2.45, 2.75) is 40.7 Å². The number of amides is 1. The van der Waals surface area contributed by atoms with E-state index in [0.29, 0.717) is 39.5 Å². The van der Waals surface area contributed by atoms with Crippen LogP contribution in [0.3, 0.4) is 0 Å². The van der Waals surface area contributed by atoms with Crippen LogP contribution in [0.15, 0.2) is 0 Å². The molecule has 0 saturated heterocycles. The number of ether oxygens (including phenoxy) is 2. The molecule has 0 aromatic rings. The highest BCUT2D eigenvalue weighted by Crippen LogP contribution is 2.19. The Kier molecular flexibility index (Phi) is 8.97. The van der Waals surface area contributed by atoms with E-state index in [1.807, 2.05) is 34.6 Å². The minimum Gasteiger partial charge on any atom is -0.380 e. The Bertz CT molecular complexity index is 242. The van der Waals surface area contributed by atoms with Crippen molar-refractivity contribution in [3.8, 4) is 0 Å². The third kappa shape index (κ3) is 7.50. The van der Waals surface area contributed by atoms with Gasteiger partial charge in [-0.05, 0) is 19.3 Å². The zero-order valence-corrected chi connectivity index (χ0v) is 13.1. The quantitative estimate of drug-likeness (QED) is 0.643. The molecule has 0 aliphatic heterocycles. The van der Waals surface area contributed by atoms with Gasteiger partial charge >= 0.3 is 0 Å². The van der Waals surface area contributed by atoms with Gasteiger partial charge in [0.15, 0.2) is 0 Å². The molecule has 0 aromatic carbocycles. The number of carbonyl (C=O) groups is 1. The maximum absolute atomic E-state index is 12.4. The molecule has 0 rings (SSSR count). The predicted octanol–water partition coefficient (Wildman–Crippen LogP) is 1.26. The summed E-state index contributed by atoms with van der Waals surface area (Å²) >= 11 is 0. The molecule has 114 valence electrons. The first kappa shape index (κ1) is 18.4. The van der Waals surface area contributed by atoms with Crippen LogP contribution in [-0.4, -0.2) is 56.4 Å². The molecular weight excluding hydrogens is 244 g/mol. The van der Waals surface area contributed by atoms with Crippen molar-refractivity contribution in [1.82, 2.24) is 4.90 Å². The summed E-state index contributed by atoms with van der Waals surface area (Å²) in [5.74, 6) is -0.0353. The van der Waals surface area contributed by atoms with Crippen molar-refractivity contribution in [2.24, 2.45) is 11.1 Å². The lowest BCUT2D eigenvalue weighted by atomic mass is 9.86. The molecule has 0 spiro atoms. The van der Waals surface area contributed by atoms with E-state index in [1.54, 1.807) is 4.90 Å². The standard InChI is InChI=1S/C14H30N2O3/c1-6-18-10-8-16(9-11-19-7-2)13(17)12(15)14(3,4)5/h12H,6-11,15H2,1-5H3/t12-/m1/s1. The van der Waals surface area contributed by atoms with Crippen LogP contribution in [0.5, 0.6) is 0 Å². The predicted molar refractivity (Wildman–Crippen MR) is 77.0 cm³/mol. The lowest BCUT2D eigenvalue weighted by Gasteiger charge is -2.32. The molecule has 19 heavy (non-hydrogen) atoms. The molecule has 0 saturated carbocycles. The van der Waals surface area contributed by atoms with Crippen LogP contribution in [0.1, 0.15) is 34.6 Å². The first-order valence-corrected chi connectivity index (χ1v) is 7.04. The van der Waals surface area contributed by atoms with E-state index >= 15 is 0 Å². The van der Waals surface area contributed by atoms with Gasteiger partial charge in [0, 0.05) is 26.3 Å². The zero-order chi connectivity index (χ0) is 14.9. The monoisotopic (exact) mass is 274 g/mol. The molecular formula is C14H30N2O3. The summed E-state index contributed by atoms with van der Waals surface area (Å²) in [6.45, 7) is 13.3. The maximum atomic E-state index is 12.4. The number of nitrogens with two attached hydrogens (primary N) is 1. The topological polar surface area (TPSA) is 64.8 Å². The molecule has 0 heterocycles. The first-order chi connectivity index (χ1) is 8.84. The normalized spacial score (nSPS) is 13.4. The van der Waals surface area contributed by atoms with Gasteiger partial charge in [0.1, 0.15) is 0 Å². The number of hydrogen-bond acceptors (Lipinski definition) is 4. The highest BCUT2D eigenvalue weighted by molar-refractivity contribution is 5.82. The number of hydrogen-bond donors (Lipinski definition) is 1. The molecule has 2 N–H and O–H groups in total. The lowest BCUT2D eigenvalue weighted by Crippen LogP contribution is -2.52. The second-order valence-electron chi connectivity index (χ2n) is 5.56. The average Bonchev–Trinajstić information content (AvgIpc) is 2.34. The van der Waals surface area contributed by atoms with E-state index in [1.165, 1.54) is 0 Å². The summed E-state index contributed by atoms with van der Waals surface area (Å²) in [5.41, 5.74) is 5.79. The lowest BCUT2D eigenvalue weighted by molar-refractivity contribution is -0.136. The van der Waals surface area contributed by atoms with Crippen molar-refractivity contribution in [2.75, 3.05) is 39.5 Å². The molecule has 0 bridgehead atoms. The molecule has 0 fully saturated rings. The Morgan fingerprint density at radius 1 is 1.11 bits per heavy atom. The molecule has 0 aromatic heterocycles. The maximum Gasteiger partial charge on any atom is 0.240 e. The molecule has 0 unspecified atom stereocenters. The number of nitrogens with zero attached hydrogens (tertiary/aromatic N) is 1. The van der Waals surface area contributed by atoms with Gasteiger partial charge in [0.05, 0.1) is 19.3 Å². The molecule has 0 aliphatic carbocycles. The number of carbonyl (C=O) groups excluding carboxylic acids is 1. The fourth-order valence-corrected chi connectivity index (χ4v) is 1.54. The number of rotatable bonds is 9. The zero-order valence-electron chi connectivity index (χ0n) is 13.1. The Morgan fingerprint density at radius 3 is 1.84 bits per heavy atom. The van der Waals surface area contributed by atoms with Crippen LogP contribution in [0.2, 0.25) is 0 Å². The van der Waals surface area contributed by atoms with Crippen molar-refractivity contribution in [3.63, 3.8) is 0 Å². The summed E-state index contributed by atoms with van der Waals surface area (Å²) in [6.07, 6.45) is 0. The molecule has 0 aliphatic rings. The van der Waals surface area contributed by atoms with Crippen molar-refractivity contribution < 1.29 is 14.3 Å². The van der Waals surface area contributed by atoms with E-state index in [4.69, 9.17) is 15.2 Å². The Hall–Kier alpha value is -0.650. The first-order valence-electron chi connectivity index (χ1n) is 7.04. The van der Waals surface area contributed by atoms with Crippen LogP contribution in [0.25, 0.3) is 0 Å².